The number of hydrogen-bond donors (Lipinski definition) is 1. The van der Waals surface area contributed by atoms with Gasteiger partial charge < -0.3 is 9.63 Å². The molecule has 0 aliphatic heterocycles. The first-order valence-corrected chi connectivity index (χ1v) is 6.34. The molecule has 0 radical (unpaired) electrons. The van der Waals surface area contributed by atoms with E-state index < -0.39 is 6.10 Å². The maximum Gasteiger partial charge on any atom is 0.240 e. The van der Waals surface area contributed by atoms with Crippen LogP contribution in [0.5, 0.6) is 0 Å². The van der Waals surface area contributed by atoms with Gasteiger partial charge in [-0.05, 0) is 24.8 Å². The number of aliphatic hydroxyl groups is 1. The Morgan fingerprint density at radius 1 is 1.21 bits per heavy atom. The second-order valence-corrected chi connectivity index (χ2v) is 5.08. The third-order valence-corrected chi connectivity index (χ3v) is 2.60. The maximum atomic E-state index is 9.83. The molecule has 2 aromatic heterocycles. The first kappa shape index (κ1) is 13.6. The molecule has 0 spiro atoms. The minimum Gasteiger partial charge on any atom is -0.393 e. The van der Waals surface area contributed by atoms with Crippen molar-refractivity contribution in [3.05, 3.63) is 23.8 Å². The first-order valence-electron chi connectivity index (χ1n) is 6.34. The van der Waals surface area contributed by atoms with Gasteiger partial charge in [-0.25, -0.2) is 9.97 Å². The van der Waals surface area contributed by atoms with E-state index in [0.717, 1.165) is 5.56 Å². The summed E-state index contributed by atoms with van der Waals surface area (Å²) in [4.78, 5) is 12.5. The Labute approximate surface area is 111 Å². The van der Waals surface area contributed by atoms with Gasteiger partial charge in [0.25, 0.3) is 0 Å². The second-order valence-electron chi connectivity index (χ2n) is 5.08. The van der Waals surface area contributed by atoms with Crippen LogP contribution in [0.4, 0.5) is 0 Å². The van der Waals surface area contributed by atoms with Crippen LogP contribution in [-0.2, 0) is 6.42 Å². The van der Waals surface area contributed by atoms with E-state index in [-0.39, 0.29) is 0 Å². The maximum absolute atomic E-state index is 9.83. The second kappa shape index (κ2) is 5.88. The van der Waals surface area contributed by atoms with E-state index in [4.69, 9.17) is 4.52 Å². The van der Waals surface area contributed by atoms with Gasteiger partial charge in [0.05, 0.1) is 12.5 Å². The van der Waals surface area contributed by atoms with Gasteiger partial charge in [-0.15, -0.1) is 0 Å². The molecule has 6 heteroatoms. The molecule has 1 N–H and O–H groups in total. The van der Waals surface area contributed by atoms with Gasteiger partial charge in [-0.3, -0.25) is 0 Å². The smallest absolute Gasteiger partial charge is 0.240 e. The van der Waals surface area contributed by atoms with E-state index in [0.29, 0.717) is 36.3 Å². The van der Waals surface area contributed by atoms with Crippen LogP contribution in [0.25, 0.3) is 11.6 Å². The number of aliphatic hydroxyl groups excluding tert-OH is 1. The highest BCUT2D eigenvalue weighted by molar-refractivity contribution is 5.40. The summed E-state index contributed by atoms with van der Waals surface area (Å²) in [7, 11) is 0. The summed E-state index contributed by atoms with van der Waals surface area (Å²) >= 11 is 0. The normalized spacial score (nSPS) is 12.9. The van der Waals surface area contributed by atoms with Crippen molar-refractivity contribution in [2.45, 2.75) is 39.7 Å². The summed E-state index contributed by atoms with van der Waals surface area (Å²) in [5.74, 6) is 1.62. The molecule has 6 nitrogen and oxygen atoms in total. The molecular formula is C13H18N4O2. The Morgan fingerprint density at radius 2 is 1.89 bits per heavy atom. The minimum atomic E-state index is -0.466. The third kappa shape index (κ3) is 3.82. The van der Waals surface area contributed by atoms with Crippen molar-refractivity contribution in [3.63, 3.8) is 0 Å². The Kier molecular flexibility index (Phi) is 4.21. The number of aryl methyl sites for hydroxylation is 1. The average molecular weight is 262 g/mol. The van der Waals surface area contributed by atoms with E-state index in [9.17, 15) is 5.11 Å². The van der Waals surface area contributed by atoms with E-state index >= 15 is 0 Å². The summed E-state index contributed by atoms with van der Waals surface area (Å²) in [6, 6.07) is 0. The van der Waals surface area contributed by atoms with Crippen molar-refractivity contribution in [2.75, 3.05) is 0 Å². The fourth-order valence-corrected chi connectivity index (χ4v) is 1.77. The fourth-order valence-electron chi connectivity index (χ4n) is 1.77. The number of nitrogens with zero attached hydrogens (tertiary/aromatic N) is 4. The van der Waals surface area contributed by atoms with Crippen LogP contribution in [0, 0.1) is 12.8 Å². The molecule has 2 aromatic rings. The summed E-state index contributed by atoms with van der Waals surface area (Å²) in [5.41, 5.74) is 0.972. The van der Waals surface area contributed by atoms with Gasteiger partial charge >= 0.3 is 0 Å². The summed E-state index contributed by atoms with van der Waals surface area (Å²) in [5, 5.41) is 13.7. The Balaban J connectivity index is 2.04. The monoisotopic (exact) mass is 262 g/mol. The lowest BCUT2D eigenvalue weighted by molar-refractivity contribution is 0.138. The highest BCUT2D eigenvalue weighted by Crippen LogP contribution is 2.13. The molecule has 2 rings (SSSR count). The van der Waals surface area contributed by atoms with Crippen molar-refractivity contribution in [1.29, 1.82) is 0 Å². The predicted octanol–water partition coefficient (Wildman–Crippen LogP) is 1.78. The molecule has 0 amide bonds. The van der Waals surface area contributed by atoms with Gasteiger partial charge in [0, 0.05) is 12.4 Å². The molecule has 19 heavy (non-hydrogen) atoms. The predicted molar refractivity (Wildman–Crippen MR) is 69.2 cm³/mol. The van der Waals surface area contributed by atoms with Crippen LogP contribution < -0.4 is 0 Å². The van der Waals surface area contributed by atoms with Gasteiger partial charge in [-0.2, -0.15) is 4.98 Å². The van der Waals surface area contributed by atoms with Gasteiger partial charge in [0.1, 0.15) is 0 Å². The first-order chi connectivity index (χ1) is 9.04. The van der Waals surface area contributed by atoms with Crippen LogP contribution >= 0.6 is 0 Å². The van der Waals surface area contributed by atoms with Crippen LogP contribution in [0.1, 0.15) is 31.7 Å². The molecule has 0 saturated carbocycles. The number of rotatable bonds is 5. The van der Waals surface area contributed by atoms with E-state index in [1.54, 1.807) is 12.4 Å². The summed E-state index contributed by atoms with van der Waals surface area (Å²) < 4.78 is 5.10. The largest absolute Gasteiger partial charge is 0.393 e. The Bertz CT molecular complexity index is 522. The Morgan fingerprint density at radius 3 is 2.53 bits per heavy atom. The Hall–Kier alpha value is -1.82. The molecule has 0 saturated heterocycles. The van der Waals surface area contributed by atoms with Gasteiger partial charge in [-0.1, -0.05) is 19.0 Å². The topological polar surface area (TPSA) is 84.9 Å². The zero-order chi connectivity index (χ0) is 13.8. The van der Waals surface area contributed by atoms with Crippen molar-refractivity contribution >= 4 is 0 Å². The zero-order valence-electron chi connectivity index (χ0n) is 11.4. The molecular weight excluding hydrogens is 244 g/mol. The number of aromatic nitrogens is 4. The molecule has 0 fully saturated rings. The van der Waals surface area contributed by atoms with Crippen molar-refractivity contribution in [3.8, 4) is 11.6 Å². The van der Waals surface area contributed by atoms with Crippen molar-refractivity contribution in [1.82, 2.24) is 20.1 Å². The molecule has 0 aliphatic rings. The summed E-state index contributed by atoms with van der Waals surface area (Å²) in [6.45, 7) is 6.03. The van der Waals surface area contributed by atoms with Crippen LogP contribution in [-0.4, -0.2) is 31.3 Å². The van der Waals surface area contributed by atoms with Gasteiger partial charge in [0.2, 0.25) is 17.5 Å². The minimum absolute atomic E-state index is 0.353. The SMILES string of the molecule is Cc1cnc(-c2noc(CC(O)CC(C)C)n2)nc1. The van der Waals surface area contributed by atoms with Gasteiger partial charge in [0.15, 0.2) is 0 Å². The quantitative estimate of drug-likeness (QED) is 0.884. The fraction of sp³-hybridized carbons (Fsp3) is 0.538. The summed E-state index contributed by atoms with van der Waals surface area (Å²) in [6.07, 6.45) is 4.00. The average Bonchev–Trinajstić information content (AvgIpc) is 2.77. The molecule has 0 bridgehead atoms. The van der Waals surface area contributed by atoms with E-state index in [1.165, 1.54) is 0 Å². The van der Waals surface area contributed by atoms with E-state index in [1.807, 2.05) is 6.92 Å². The van der Waals surface area contributed by atoms with Crippen LogP contribution in [0.15, 0.2) is 16.9 Å². The highest BCUT2D eigenvalue weighted by atomic mass is 16.5. The van der Waals surface area contributed by atoms with Crippen LogP contribution in [0.2, 0.25) is 0 Å². The lowest BCUT2D eigenvalue weighted by Crippen LogP contribution is -2.13. The third-order valence-electron chi connectivity index (χ3n) is 2.60. The van der Waals surface area contributed by atoms with Crippen molar-refractivity contribution in [2.24, 2.45) is 5.92 Å². The highest BCUT2D eigenvalue weighted by Gasteiger charge is 2.15. The number of hydrogen-bond acceptors (Lipinski definition) is 6. The molecule has 102 valence electrons. The lowest BCUT2D eigenvalue weighted by atomic mass is 10.0. The zero-order valence-corrected chi connectivity index (χ0v) is 11.4. The van der Waals surface area contributed by atoms with Crippen molar-refractivity contribution < 1.29 is 9.63 Å². The molecule has 1 atom stereocenters. The lowest BCUT2D eigenvalue weighted by Gasteiger charge is -2.09. The molecule has 0 aliphatic carbocycles. The standard InChI is InChI=1S/C13H18N4O2/c1-8(2)4-10(18)5-11-16-13(17-19-11)12-14-6-9(3)7-15-12/h6-8,10,18H,4-5H2,1-3H3. The molecule has 0 aromatic carbocycles. The molecule has 1 unspecified atom stereocenters. The van der Waals surface area contributed by atoms with Crippen LogP contribution in [0.3, 0.4) is 0 Å². The van der Waals surface area contributed by atoms with E-state index in [2.05, 4.69) is 34.0 Å². The molecule has 2 heterocycles.